The van der Waals surface area contributed by atoms with Crippen molar-refractivity contribution in [1.82, 2.24) is 0 Å². The van der Waals surface area contributed by atoms with Gasteiger partial charge in [-0.1, -0.05) is 13.0 Å². The maximum atomic E-state index is 10.7. The number of hydrogen-bond donors (Lipinski definition) is 0. The van der Waals surface area contributed by atoms with Crippen molar-refractivity contribution in [2.24, 2.45) is 11.8 Å². The Labute approximate surface area is 77.8 Å². The van der Waals surface area contributed by atoms with Crippen molar-refractivity contribution in [3.8, 4) is 0 Å². The quantitative estimate of drug-likeness (QED) is 0.367. The molecule has 0 aliphatic heterocycles. The Kier molecular flexibility index (Phi) is 3.23. The van der Waals surface area contributed by atoms with E-state index in [4.69, 9.17) is 4.74 Å². The molecule has 3 unspecified atom stereocenters. The summed E-state index contributed by atoms with van der Waals surface area (Å²) in [7, 11) is 0. The minimum absolute atomic E-state index is 0.186. The number of allylic oxidation sites excluding steroid dienone is 1. The standard InChI is InChI=1S/C10H14O3/c1-7-4-3-5-10(9(7)6-11)13-8(2)12/h3,5-7,9-10H,4H2,1-2H3. The van der Waals surface area contributed by atoms with Crippen molar-refractivity contribution < 1.29 is 14.3 Å². The molecule has 0 saturated carbocycles. The molecule has 0 heterocycles. The average Bonchev–Trinajstić information content (AvgIpc) is 2.03. The second kappa shape index (κ2) is 4.21. The van der Waals surface area contributed by atoms with Crippen LogP contribution < -0.4 is 0 Å². The summed E-state index contributed by atoms with van der Waals surface area (Å²) in [5, 5.41) is 0. The summed E-state index contributed by atoms with van der Waals surface area (Å²) in [5.74, 6) is -0.267. The summed E-state index contributed by atoms with van der Waals surface area (Å²) < 4.78 is 5.01. The number of aldehydes is 1. The van der Waals surface area contributed by atoms with Gasteiger partial charge < -0.3 is 9.53 Å². The number of esters is 1. The molecule has 72 valence electrons. The van der Waals surface area contributed by atoms with Gasteiger partial charge in [-0.3, -0.25) is 4.79 Å². The molecule has 0 aromatic rings. The SMILES string of the molecule is CC(=O)OC1C=CCC(C)C1C=O. The van der Waals surface area contributed by atoms with E-state index in [1.807, 2.05) is 13.0 Å². The molecule has 0 aromatic carbocycles. The molecule has 0 saturated heterocycles. The van der Waals surface area contributed by atoms with Crippen LogP contribution in [0.3, 0.4) is 0 Å². The van der Waals surface area contributed by atoms with E-state index in [2.05, 4.69) is 0 Å². The van der Waals surface area contributed by atoms with Crippen LogP contribution in [0.15, 0.2) is 12.2 Å². The molecule has 0 fully saturated rings. The summed E-state index contributed by atoms with van der Waals surface area (Å²) in [5.41, 5.74) is 0. The van der Waals surface area contributed by atoms with Gasteiger partial charge in [0.2, 0.25) is 0 Å². The highest BCUT2D eigenvalue weighted by atomic mass is 16.5. The molecule has 0 radical (unpaired) electrons. The molecule has 0 amide bonds. The van der Waals surface area contributed by atoms with Gasteiger partial charge in [0.1, 0.15) is 12.4 Å². The molecule has 1 rings (SSSR count). The second-order valence-corrected chi connectivity index (χ2v) is 3.43. The highest BCUT2D eigenvalue weighted by molar-refractivity contribution is 5.67. The molecule has 13 heavy (non-hydrogen) atoms. The van der Waals surface area contributed by atoms with Gasteiger partial charge in [-0.15, -0.1) is 0 Å². The fourth-order valence-electron chi connectivity index (χ4n) is 1.56. The Balaban J connectivity index is 2.69. The first-order valence-electron chi connectivity index (χ1n) is 4.44. The van der Waals surface area contributed by atoms with Crippen molar-refractivity contribution >= 4 is 12.3 Å². The topological polar surface area (TPSA) is 43.4 Å². The lowest BCUT2D eigenvalue weighted by molar-refractivity contribution is -0.148. The van der Waals surface area contributed by atoms with Crippen LogP contribution in [-0.4, -0.2) is 18.4 Å². The van der Waals surface area contributed by atoms with Crippen LogP contribution in [0.2, 0.25) is 0 Å². The zero-order valence-electron chi connectivity index (χ0n) is 7.90. The minimum Gasteiger partial charge on any atom is -0.458 e. The van der Waals surface area contributed by atoms with E-state index < -0.39 is 0 Å². The zero-order chi connectivity index (χ0) is 9.84. The molecule has 1 aliphatic rings. The van der Waals surface area contributed by atoms with Gasteiger partial charge in [0.25, 0.3) is 0 Å². The summed E-state index contributed by atoms with van der Waals surface area (Å²) in [6.45, 7) is 3.34. The molecule has 3 nitrogen and oxygen atoms in total. The first-order chi connectivity index (χ1) is 6.15. The van der Waals surface area contributed by atoms with Gasteiger partial charge in [0.05, 0.1) is 5.92 Å². The first kappa shape index (κ1) is 9.96. The van der Waals surface area contributed by atoms with Gasteiger partial charge >= 0.3 is 5.97 Å². The predicted octanol–water partition coefficient (Wildman–Crippen LogP) is 1.33. The Hall–Kier alpha value is -1.12. The van der Waals surface area contributed by atoms with Crippen molar-refractivity contribution in [1.29, 1.82) is 0 Å². The predicted molar refractivity (Wildman–Crippen MR) is 48.0 cm³/mol. The fraction of sp³-hybridized carbons (Fsp3) is 0.600. The number of carbonyl (C=O) groups excluding carboxylic acids is 2. The van der Waals surface area contributed by atoms with Crippen LogP contribution in [0.25, 0.3) is 0 Å². The van der Waals surface area contributed by atoms with Crippen LogP contribution in [-0.2, 0) is 14.3 Å². The van der Waals surface area contributed by atoms with Gasteiger partial charge in [-0.05, 0) is 18.4 Å². The smallest absolute Gasteiger partial charge is 0.303 e. The van der Waals surface area contributed by atoms with Crippen LogP contribution in [0.1, 0.15) is 20.3 Å². The number of hydrogen-bond acceptors (Lipinski definition) is 3. The van der Waals surface area contributed by atoms with E-state index in [0.717, 1.165) is 12.7 Å². The largest absolute Gasteiger partial charge is 0.458 e. The highest BCUT2D eigenvalue weighted by Crippen LogP contribution is 2.25. The van der Waals surface area contributed by atoms with E-state index in [-0.39, 0.29) is 23.9 Å². The molecule has 3 heteroatoms. The monoisotopic (exact) mass is 182 g/mol. The summed E-state index contributed by atoms with van der Waals surface area (Å²) in [6.07, 6.45) is 5.14. The van der Waals surface area contributed by atoms with Crippen molar-refractivity contribution in [2.45, 2.75) is 26.4 Å². The number of ether oxygens (including phenoxy) is 1. The van der Waals surface area contributed by atoms with Gasteiger partial charge in [-0.25, -0.2) is 0 Å². The van der Waals surface area contributed by atoms with Crippen molar-refractivity contribution in [3.63, 3.8) is 0 Å². The first-order valence-corrected chi connectivity index (χ1v) is 4.44. The molecule has 1 aliphatic carbocycles. The Morgan fingerprint density at radius 1 is 1.62 bits per heavy atom. The summed E-state index contributed by atoms with van der Waals surface area (Å²) >= 11 is 0. The second-order valence-electron chi connectivity index (χ2n) is 3.43. The van der Waals surface area contributed by atoms with E-state index in [1.165, 1.54) is 6.92 Å². The minimum atomic E-state index is -0.362. The average molecular weight is 182 g/mol. The lowest BCUT2D eigenvalue weighted by atomic mass is 9.83. The normalized spacial score (nSPS) is 32.6. The van der Waals surface area contributed by atoms with Crippen molar-refractivity contribution in [3.05, 3.63) is 12.2 Å². The van der Waals surface area contributed by atoms with Gasteiger partial charge in [0.15, 0.2) is 0 Å². The molecule has 0 N–H and O–H groups in total. The van der Waals surface area contributed by atoms with Crippen LogP contribution in [0.4, 0.5) is 0 Å². The third kappa shape index (κ3) is 2.41. The molecule has 0 bridgehead atoms. The number of rotatable bonds is 2. The van der Waals surface area contributed by atoms with Crippen LogP contribution >= 0.6 is 0 Å². The zero-order valence-corrected chi connectivity index (χ0v) is 7.90. The Morgan fingerprint density at radius 3 is 2.85 bits per heavy atom. The van der Waals surface area contributed by atoms with Crippen LogP contribution in [0, 0.1) is 11.8 Å². The highest BCUT2D eigenvalue weighted by Gasteiger charge is 2.29. The maximum Gasteiger partial charge on any atom is 0.303 e. The fourth-order valence-corrected chi connectivity index (χ4v) is 1.56. The van der Waals surface area contributed by atoms with Crippen LogP contribution in [0.5, 0.6) is 0 Å². The molecule has 0 aromatic heterocycles. The lowest BCUT2D eigenvalue weighted by Crippen LogP contribution is -2.32. The third-order valence-electron chi connectivity index (χ3n) is 2.33. The van der Waals surface area contributed by atoms with E-state index in [1.54, 1.807) is 6.08 Å². The Morgan fingerprint density at radius 2 is 2.31 bits per heavy atom. The maximum absolute atomic E-state index is 10.7. The van der Waals surface area contributed by atoms with Gasteiger partial charge in [-0.2, -0.15) is 0 Å². The lowest BCUT2D eigenvalue weighted by Gasteiger charge is -2.27. The summed E-state index contributed by atoms with van der Waals surface area (Å²) in [6, 6.07) is 0. The van der Waals surface area contributed by atoms with E-state index >= 15 is 0 Å². The molecule has 3 atom stereocenters. The van der Waals surface area contributed by atoms with Crippen molar-refractivity contribution in [2.75, 3.05) is 0 Å². The van der Waals surface area contributed by atoms with E-state index in [9.17, 15) is 9.59 Å². The number of carbonyl (C=O) groups is 2. The molecule has 0 spiro atoms. The van der Waals surface area contributed by atoms with Gasteiger partial charge in [0, 0.05) is 6.92 Å². The van der Waals surface area contributed by atoms with E-state index in [0.29, 0.717) is 0 Å². The molecular formula is C10H14O3. The molecular weight excluding hydrogens is 168 g/mol. The third-order valence-corrected chi connectivity index (χ3v) is 2.33. The Bertz CT molecular complexity index is 232. The summed E-state index contributed by atoms with van der Waals surface area (Å²) in [4.78, 5) is 21.4.